The Balaban J connectivity index is 1.66. The first-order valence-corrected chi connectivity index (χ1v) is 8.05. The van der Waals surface area contributed by atoms with Crippen molar-refractivity contribution < 1.29 is 14.4 Å². The minimum atomic E-state index is -0.976. The van der Waals surface area contributed by atoms with Crippen molar-refractivity contribution in [3.8, 4) is 0 Å². The highest BCUT2D eigenvalue weighted by Gasteiger charge is 2.51. The fourth-order valence-electron chi connectivity index (χ4n) is 3.65. The highest BCUT2D eigenvalue weighted by Crippen LogP contribution is 2.28. The van der Waals surface area contributed by atoms with Crippen LogP contribution >= 0.6 is 0 Å². The van der Waals surface area contributed by atoms with Crippen molar-refractivity contribution in [2.24, 2.45) is 0 Å². The number of hydrogen-bond acceptors (Lipinski definition) is 3. The molecule has 7 nitrogen and oxygen atoms in total. The van der Waals surface area contributed by atoms with Gasteiger partial charge in [0.15, 0.2) is 0 Å². The summed E-state index contributed by atoms with van der Waals surface area (Å²) in [5.41, 5.74) is 0.675. The van der Waals surface area contributed by atoms with E-state index in [9.17, 15) is 14.4 Å². The largest absolute Gasteiger partial charge is 0.347 e. The van der Waals surface area contributed by atoms with Gasteiger partial charge in [-0.1, -0.05) is 18.2 Å². The number of imide groups is 1. The number of carbonyl (C=O) groups is 3. The van der Waals surface area contributed by atoms with Crippen molar-refractivity contribution in [3.63, 3.8) is 0 Å². The summed E-state index contributed by atoms with van der Waals surface area (Å²) in [6.45, 7) is 3.45. The number of fused-ring (bicyclic) bond motifs is 1. The Bertz CT molecular complexity index is 872. The van der Waals surface area contributed by atoms with E-state index in [1.807, 2.05) is 42.0 Å². The topological polar surface area (TPSA) is 83.4 Å². The zero-order valence-corrected chi connectivity index (χ0v) is 13.3. The number of aromatic nitrogens is 1. The number of nitrogens with one attached hydrogen (secondary N) is 2. The Hall–Kier alpha value is -2.83. The zero-order chi connectivity index (χ0) is 16.9. The molecule has 2 aromatic rings. The van der Waals surface area contributed by atoms with Gasteiger partial charge in [-0.2, -0.15) is 0 Å². The van der Waals surface area contributed by atoms with E-state index in [4.69, 9.17) is 0 Å². The maximum Gasteiger partial charge on any atom is 0.322 e. The number of likely N-dealkylation sites (tertiary alicyclic amines) is 1. The van der Waals surface area contributed by atoms with E-state index >= 15 is 0 Å². The van der Waals surface area contributed by atoms with Crippen molar-refractivity contribution in [2.75, 3.05) is 13.1 Å². The van der Waals surface area contributed by atoms with Crippen molar-refractivity contribution in [1.29, 1.82) is 0 Å². The molecule has 3 heterocycles. The monoisotopic (exact) mass is 326 g/mol. The number of amides is 4. The number of hydrogen-bond donors (Lipinski definition) is 2. The van der Waals surface area contributed by atoms with Crippen LogP contribution in [0.3, 0.4) is 0 Å². The highest BCUT2D eigenvalue weighted by molar-refractivity contribution is 6.10. The Morgan fingerprint density at radius 3 is 2.79 bits per heavy atom. The molecule has 2 aliphatic rings. The predicted molar refractivity (Wildman–Crippen MR) is 87.5 cm³/mol. The molecule has 124 valence electrons. The molecule has 7 heteroatoms. The number of carbonyl (C=O) groups excluding carboxylic acids is 3. The summed E-state index contributed by atoms with van der Waals surface area (Å²) in [5, 5.41) is 5.84. The molecule has 4 amide bonds. The average Bonchev–Trinajstić information content (AvgIpc) is 3.23. The standard InChI is InChI=1S/C17H18N4O3/c1-2-20-9-12(11-5-3-4-6-13(11)20)14(22)21-8-7-17(10-21)15(23)18-16(24)19-17/h3-6,9H,2,7-8,10H2,1H3,(H2,18,19,23,24). The van der Waals surface area contributed by atoms with E-state index < -0.39 is 11.6 Å². The summed E-state index contributed by atoms with van der Waals surface area (Å²) < 4.78 is 2.04. The molecule has 0 aliphatic carbocycles. The van der Waals surface area contributed by atoms with E-state index in [1.165, 1.54) is 0 Å². The third-order valence-corrected chi connectivity index (χ3v) is 4.93. The van der Waals surface area contributed by atoms with E-state index in [-0.39, 0.29) is 18.4 Å². The van der Waals surface area contributed by atoms with Crippen LogP contribution in [0.5, 0.6) is 0 Å². The summed E-state index contributed by atoms with van der Waals surface area (Å²) in [7, 11) is 0. The molecule has 0 bridgehead atoms. The van der Waals surface area contributed by atoms with Gasteiger partial charge in [0.1, 0.15) is 5.54 Å². The molecule has 2 saturated heterocycles. The number of benzene rings is 1. The van der Waals surface area contributed by atoms with Crippen LogP contribution in [0.15, 0.2) is 30.5 Å². The van der Waals surface area contributed by atoms with Crippen LogP contribution in [0, 0.1) is 0 Å². The van der Waals surface area contributed by atoms with Crippen molar-refractivity contribution >= 4 is 28.7 Å². The summed E-state index contributed by atoms with van der Waals surface area (Å²) >= 11 is 0. The van der Waals surface area contributed by atoms with Gasteiger partial charge in [-0.3, -0.25) is 14.9 Å². The van der Waals surface area contributed by atoms with E-state index in [2.05, 4.69) is 10.6 Å². The SMILES string of the molecule is CCn1cc(C(=O)N2CCC3(C2)NC(=O)NC3=O)c2ccccc21. The summed E-state index contributed by atoms with van der Waals surface area (Å²) in [4.78, 5) is 38.1. The predicted octanol–water partition coefficient (Wildman–Crippen LogP) is 1.09. The number of urea groups is 1. The summed E-state index contributed by atoms with van der Waals surface area (Å²) in [6, 6.07) is 7.30. The third-order valence-electron chi connectivity index (χ3n) is 4.93. The minimum absolute atomic E-state index is 0.107. The number of nitrogens with zero attached hydrogens (tertiary/aromatic N) is 2. The van der Waals surface area contributed by atoms with Gasteiger partial charge in [0.2, 0.25) is 0 Å². The van der Waals surface area contributed by atoms with Gasteiger partial charge in [-0.25, -0.2) is 4.79 Å². The smallest absolute Gasteiger partial charge is 0.322 e. The van der Waals surface area contributed by atoms with Gasteiger partial charge in [0, 0.05) is 30.2 Å². The van der Waals surface area contributed by atoms with Gasteiger partial charge in [-0.05, 0) is 19.4 Å². The second-order valence-electron chi connectivity index (χ2n) is 6.31. The lowest BCUT2D eigenvalue weighted by molar-refractivity contribution is -0.123. The first-order chi connectivity index (χ1) is 11.5. The Labute approximate surface area is 138 Å². The zero-order valence-electron chi connectivity index (χ0n) is 13.3. The van der Waals surface area contributed by atoms with Gasteiger partial charge in [-0.15, -0.1) is 0 Å². The molecule has 0 radical (unpaired) electrons. The normalized spacial score (nSPS) is 23.1. The van der Waals surface area contributed by atoms with Gasteiger partial charge in [0.25, 0.3) is 11.8 Å². The fraction of sp³-hybridized carbons (Fsp3) is 0.353. The molecule has 1 aromatic heterocycles. The van der Waals surface area contributed by atoms with Crippen LogP contribution in [-0.2, 0) is 11.3 Å². The Morgan fingerprint density at radius 2 is 2.08 bits per heavy atom. The lowest BCUT2D eigenvalue weighted by Crippen LogP contribution is -2.49. The van der Waals surface area contributed by atoms with Crippen LogP contribution in [0.1, 0.15) is 23.7 Å². The molecule has 1 spiro atoms. The average molecular weight is 326 g/mol. The Morgan fingerprint density at radius 1 is 1.29 bits per heavy atom. The molecule has 4 rings (SSSR count). The quantitative estimate of drug-likeness (QED) is 0.810. The maximum absolute atomic E-state index is 13.0. The van der Waals surface area contributed by atoms with E-state index in [1.54, 1.807) is 4.90 Å². The molecule has 1 unspecified atom stereocenters. The van der Waals surface area contributed by atoms with E-state index in [0.717, 1.165) is 17.4 Å². The molecule has 1 atom stereocenters. The lowest BCUT2D eigenvalue weighted by Gasteiger charge is -2.20. The van der Waals surface area contributed by atoms with Crippen molar-refractivity contribution in [3.05, 3.63) is 36.0 Å². The lowest BCUT2D eigenvalue weighted by atomic mass is 9.99. The van der Waals surface area contributed by atoms with Crippen LogP contribution in [-0.4, -0.2) is 45.9 Å². The van der Waals surface area contributed by atoms with E-state index in [0.29, 0.717) is 18.5 Å². The summed E-state index contributed by atoms with van der Waals surface area (Å²) in [6.07, 6.45) is 2.30. The van der Waals surface area contributed by atoms with Crippen LogP contribution < -0.4 is 10.6 Å². The molecule has 2 N–H and O–H groups in total. The molecule has 2 aliphatic heterocycles. The second kappa shape index (κ2) is 5.09. The van der Waals surface area contributed by atoms with Gasteiger partial charge >= 0.3 is 6.03 Å². The highest BCUT2D eigenvalue weighted by atomic mass is 16.2. The molecule has 2 fully saturated rings. The first kappa shape index (κ1) is 14.7. The molecule has 24 heavy (non-hydrogen) atoms. The third kappa shape index (κ3) is 2.01. The molecular weight excluding hydrogens is 308 g/mol. The maximum atomic E-state index is 13.0. The molecule has 1 aromatic carbocycles. The fourth-order valence-corrected chi connectivity index (χ4v) is 3.65. The minimum Gasteiger partial charge on any atom is -0.347 e. The van der Waals surface area contributed by atoms with Crippen LogP contribution in [0.4, 0.5) is 4.79 Å². The van der Waals surface area contributed by atoms with Gasteiger partial charge < -0.3 is 14.8 Å². The number of para-hydroxylation sites is 1. The van der Waals surface area contributed by atoms with Crippen molar-refractivity contribution in [2.45, 2.75) is 25.4 Å². The Kier molecular flexibility index (Phi) is 3.13. The summed E-state index contributed by atoms with van der Waals surface area (Å²) in [5.74, 6) is -0.456. The second-order valence-corrected chi connectivity index (χ2v) is 6.31. The van der Waals surface area contributed by atoms with Crippen LogP contribution in [0.25, 0.3) is 10.9 Å². The number of rotatable bonds is 2. The first-order valence-electron chi connectivity index (χ1n) is 8.05. The van der Waals surface area contributed by atoms with Crippen molar-refractivity contribution in [1.82, 2.24) is 20.1 Å². The van der Waals surface area contributed by atoms with Gasteiger partial charge in [0.05, 0.1) is 12.1 Å². The molecule has 0 saturated carbocycles. The number of aryl methyl sites for hydroxylation is 1. The van der Waals surface area contributed by atoms with Crippen LogP contribution in [0.2, 0.25) is 0 Å². The molecular formula is C17H18N4O3.